The molecule has 2 rings (SSSR count). The van der Waals surface area contributed by atoms with Crippen molar-refractivity contribution in [2.75, 3.05) is 0 Å². The zero-order valence-electron chi connectivity index (χ0n) is 11.5. The van der Waals surface area contributed by atoms with Crippen LogP contribution in [0.4, 0.5) is 0 Å². The Balaban J connectivity index is 2.20. The number of aromatic nitrogens is 2. The van der Waals surface area contributed by atoms with Crippen LogP contribution in [0.15, 0.2) is 30.3 Å². The Hall–Kier alpha value is -1.46. The molecule has 0 aliphatic rings. The van der Waals surface area contributed by atoms with Crippen molar-refractivity contribution in [1.29, 1.82) is 0 Å². The first-order chi connectivity index (χ1) is 8.89. The standard InChI is InChI=1S/C14H18N2O2S/c1-11-14(12(2)16(3)15-11)10-19(17,18)9-13-7-5-4-6-8-13/h4-8H,9-10H2,1-3H3/p+1. The van der Waals surface area contributed by atoms with E-state index in [0.717, 1.165) is 22.5 Å². The molecule has 1 aromatic heterocycles. The van der Waals surface area contributed by atoms with Crippen LogP contribution in [0, 0.1) is 13.8 Å². The van der Waals surface area contributed by atoms with Gasteiger partial charge in [0.1, 0.15) is 0 Å². The summed E-state index contributed by atoms with van der Waals surface area (Å²) < 4.78 is 24.3. The van der Waals surface area contributed by atoms with Gasteiger partial charge < -0.3 is 0 Å². The van der Waals surface area contributed by atoms with Gasteiger partial charge in [-0.3, -0.25) is 4.68 Å². The van der Waals surface area contributed by atoms with E-state index < -0.39 is 10.2 Å². The van der Waals surface area contributed by atoms with Crippen LogP contribution in [0.1, 0.15) is 22.5 Å². The van der Waals surface area contributed by atoms with Gasteiger partial charge in [0, 0.05) is 23.9 Å². The average molecular weight is 279 g/mol. The minimum atomic E-state index is -2.92. The fourth-order valence-corrected chi connectivity index (χ4v) is 3.82. The van der Waals surface area contributed by atoms with E-state index in [1.165, 1.54) is 0 Å². The molecule has 0 aliphatic carbocycles. The Kier molecular flexibility index (Phi) is 3.87. The lowest BCUT2D eigenvalue weighted by Gasteiger charge is -2.06. The van der Waals surface area contributed by atoms with Crippen LogP contribution < -0.4 is 0 Å². The van der Waals surface area contributed by atoms with E-state index in [4.69, 9.17) is 0 Å². The molecule has 1 aromatic carbocycles. The van der Waals surface area contributed by atoms with Crippen LogP contribution >= 0.6 is 0 Å². The summed E-state index contributed by atoms with van der Waals surface area (Å²) in [5.74, 6) is 0.342. The molecule has 0 fully saturated rings. The summed E-state index contributed by atoms with van der Waals surface area (Å²) in [6.45, 7) is 3.80. The molecule has 4 nitrogen and oxygen atoms in total. The number of rotatable bonds is 4. The zero-order valence-corrected chi connectivity index (χ0v) is 12.3. The molecule has 0 amide bonds. The van der Waals surface area contributed by atoms with E-state index in [1.54, 1.807) is 4.68 Å². The highest BCUT2D eigenvalue weighted by Gasteiger charge is 2.29. The number of benzene rings is 1. The third kappa shape index (κ3) is 3.30. The van der Waals surface area contributed by atoms with E-state index in [0.29, 0.717) is 0 Å². The van der Waals surface area contributed by atoms with Gasteiger partial charge in [0.2, 0.25) is 10.2 Å². The molecule has 0 bridgehead atoms. The average Bonchev–Trinajstić information content (AvgIpc) is 2.56. The predicted molar refractivity (Wildman–Crippen MR) is 77.2 cm³/mol. The maximum atomic E-state index is 12.4. The number of nitrogens with zero attached hydrogens (tertiary/aromatic N) is 2. The molecular weight excluding hydrogens is 260 g/mol. The van der Waals surface area contributed by atoms with Crippen molar-refractivity contribution in [1.82, 2.24) is 9.78 Å². The van der Waals surface area contributed by atoms with Crippen molar-refractivity contribution in [2.24, 2.45) is 7.05 Å². The molecule has 0 radical (unpaired) electrons. The van der Waals surface area contributed by atoms with Crippen LogP contribution in [-0.2, 0) is 33.0 Å². The van der Waals surface area contributed by atoms with Gasteiger partial charge in [-0.05, 0) is 13.8 Å². The van der Waals surface area contributed by atoms with Crippen LogP contribution in [-0.4, -0.2) is 14.3 Å². The lowest BCUT2D eigenvalue weighted by Crippen LogP contribution is -2.16. The summed E-state index contributed by atoms with van der Waals surface area (Å²) in [6, 6.07) is 9.41. The van der Waals surface area contributed by atoms with Gasteiger partial charge in [0.05, 0.1) is 5.69 Å². The summed E-state index contributed by atoms with van der Waals surface area (Å²) in [6.07, 6.45) is 0. The van der Waals surface area contributed by atoms with E-state index in [9.17, 15) is 8.76 Å². The van der Waals surface area contributed by atoms with Crippen molar-refractivity contribution >= 4 is 10.2 Å². The molecule has 0 saturated carbocycles. The third-order valence-corrected chi connectivity index (χ3v) is 4.79. The monoisotopic (exact) mass is 279 g/mol. The quantitative estimate of drug-likeness (QED) is 0.875. The molecule has 1 unspecified atom stereocenters. The fourth-order valence-electron chi connectivity index (χ4n) is 2.14. The third-order valence-electron chi connectivity index (χ3n) is 3.26. The second-order valence-corrected chi connectivity index (χ2v) is 6.94. The molecule has 19 heavy (non-hydrogen) atoms. The van der Waals surface area contributed by atoms with Crippen LogP contribution in [0.5, 0.6) is 0 Å². The largest absolute Gasteiger partial charge is 0.272 e. The maximum Gasteiger partial charge on any atom is 0.223 e. The molecule has 0 aliphatic heterocycles. The first-order valence-corrected chi connectivity index (χ1v) is 7.99. The Morgan fingerprint density at radius 3 is 2.37 bits per heavy atom. The molecular formula is C14H19N2O2S+. The van der Waals surface area contributed by atoms with Crippen molar-refractivity contribution in [2.45, 2.75) is 25.4 Å². The fraction of sp³-hybridized carbons (Fsp3) is 0.357. The van der Waals surface area contributed by atoms with Crippen LogP contribution in [0.2, 0.25) is 0 Å². The molecule has 102 valence electrons. The minimum absolute atomic E-state index is 0.160. The van der Waals surface area contributed by atoms with Gasteiger partial charge in [-0.15, -0.1) is 0 Å². The van der Waals surface area contributed by atoms with Gasteiger partial charge in [-0.2, -0.15) is 9.65 Å². The Morgan fingerprint density at radius 1 is 1.21 bits per heavy atom. The SMILES string of the molecule is Cc1nn(C)c(C)c1C[S+](=O)(O)Cc1ccccc1. The minimum Gasteiger partial charge on any atom is -0.272 e. The van der Waals surface area contributed by atoms with Gasteiger partial charge in [0.25, 0.3) is 0 Å². The first kappa shape index (κ1) is 14.0. The molecule has 0 spiro atoms. The van der Waals surface area contributed by atoms with Crippen molar-refractivity contribution in [3.63, 3.8) is 0 Å². The number of hydrogen-bond donors (Lipinski definition) is 1. The Morgan fingerprint density at radius 2 is 1.84 bits per heavy atom. The van der Waals surface area contributed by atoms with Crippen LogP contribution in [0.3, 0.4) is 0 Å². The highest BCUT2D eigenvalue weighted by Crippen LogP contribution is 2.21. The normalized spacial score (nSPS) is 14.3. The topological polar surface area (TPSA) is 55.1 Å². The van der Waals surface area contributed by atoms with Crippen molar-refractivity contribution in [3.8, 4) is 0 Å². The maximum absolute atomic E-state index is 12.4. The Bertz CT molecular complexity index is 620. The molecule has 0 saturated heterocycles. The van der Waals surface area contributed by atoms with Crippen molar-refractivity contribution in [3.05, 3.63) is 52.8 Å². The lowest BCUT2D eigenvalue weighted by molar-refractivity contribution is 0.495. The van der Waals surface area contributed by atoms with Crippen molar-refractivity contribution < 1.29 is 8.76 Å². The molecule has 1 N–H and O–H groups in total. The zero-order chi connectivity index (χ0) is 14.0. The number of hydrogen-bond acceptors (Lipinski definition) is 2. The predicted octanol–water partition coefficient (Wildman–Crippen LogP) is 2.71. The van der Waals surface area contributed by atoms with Gasteiger partial charge in [-0.1, -0.05) is 34.5 Å². The van der Waals surface area contributed by atoms with Crippen LogP contribution in [0.25, 0.3) is 0 Å². The van der Waals surface area contributed by atoms with E-state index >= 15 is 0 Å². The second kappa shape index (κ2) is 5.27. The van der Waals surface area contributed by atoms with E-state index in [1.807, 2.05) is 51.2 Å². The molecule has 2 aromatic rings. The van der Waals surface area contributed by atoms with E-state index in [-0.39, 0.29) is 11.5 Å². The highest BCUT2D eigenvalue weighted by atomic mass is 32.3. The molecule has 5 heteroatoms. The number of aryl methyl sites for hydroxylation is 2. The molecule has 1 heterocycles. The summed E-state index contributed by atoms with van der Waals surface area (Å²) >= 11 is 0. The van der Waals surface area contributed by atoms with Gasteiger partial charge in [-0.25, -0.2) is 0 Å². The smallest absolute Gasteiger partial charge is 0.223 e. The summed E-state index contributed by atoms with van der Waals surface area (Å²) in [5.41, 5.74) is 3.54. The first-order valence-electron chi connectivity index (χ1n) is 6.14. The Labute approximate surface area is 114 Å². The highest BCUT2D eigenvalue weighted by molar-refractivity contribution is 7.96. The second-order valence-electron chi connectivity index (χ2n) is 4.82. The summed E-state index contributed by atoms with van der Waals surface area (Å²) in [4.78, 5) is 0. The van der Waals surface area contributed by atoms with E-state index in [2.05, 4.69) is 5.10 Å². The van der Waals surface area contributed by atoms with Gasteiger partial charge >= 0.3 is 0 Å². The summed E-state index contributed by atoms with van der Waals surface area (Å²) in [5, 5.41) is 4.28. The summed E-state index contributed by atoms with van der Waals surface area (Å²) in [7, 11) is -1.07. The molecule has 1 atom stereocenters. The lowest BCUT2D eigenvalue weighted by atomic mass is 10.2. The van der Waals surface area contributed by atoms with Gasteiger partial charge in [0.15, 0.2) is 11.5 Å².